The average molecular weight is 463 g/mol. The Hall–Kier alpha value is -3.84. The van der Waals surface area contributed by atoms with Crippen LogP contribution in [0.15, 0.2) is 60.8 Å². The standard InChI is InChI=1S/C16H14FNO3.C11H13NO/c1-20-13-6-11(5-12(17)8-13)10-4-9-2-3-21-15(9)14(7-10)16(18)19;13-7-3-4-9-8-12-11-6-2-1-5-10(9)11/h4-8H,2-3H2,1H3,(H2,18,19);1-2,5-6,8,12-13H,3-4,7H2. The number of halogens is 1. The molecular formula is C27H27FN2O4. The van der Waals surface area contributed by atoms with Crippen LogP contribution >= 0.6 is 0 Å². The van der Waals surface area contributed by atoms with Crippen molar-refractivity contribution in [2.45, 2.75) is 19.3 Å². The van der Waals surface area contributed by atoms with E-state index >= 15 is 0 Å². The topological polar surface area (TPSA) is 97.6 Å². The molecule has 6 nitrogen and oxygen atoms in total. The van der Waals surface area contributed by atoms with Crippen LogP contribution < -0.4 is 15.2 Å². The van der Waals surface area contributed by atoms with Gasteiger partial charge in [-0.05, 0) is 65.4 Å². The Morgan fingerprint density at radius 2 is 1.97 bits per heavy atom. The van der Waals surface area contributed by atoms with Crippen LogP contribution in [0.4, 0.5) is 4.39 Å². The maximum absolute atomic E-state index is 13.6. The van der Waals surface area contributed by atoms with Crippen molar-refractivity contribution in [2.75, 3.05) is 20.3 Å². The smallest absolute Gasteiger partial charge is 0.252 e. The fraction of sp³-hybridized carbons (Fsp3) is 0.222. The normalized spacial score (nSPS) is 12.0. The zero-order chi connectivity index (χ0) is 24.1. The quantitative estimate of drug-likeness (QED) is 0.389. The number of aryl methyl sites for hydroxylation is 1. The highest BCUT2D eigenvalue weighted by Crippen LogP contribution is 2.35. The first kappa shape index (κ1) is 23.3. The number of methoxy groups -OCH3 is 1. The third-order valence-corrected chi connectivity index (χ3v) is 5.77. The molecule has 4 aromatic rings. The van der Waals surface area contributed by atoms with Crippen molar-refractivity contribution in [3.05, 3.63) is 83.3 Å². The number of amides is 1. The first-order valence-electron chi connectivity index (χ1n) is 11.1. The monoisotopic (exact) mass is 462 g/mol. The van der Waals surface area contributed by atoms with Gasteiger partial charge in [-0.15, -0.1) is 0 Å². The minimum Gasteiger partial charge on any atom is -0.497 e. The molecule has 1 aliphatic heterocycles. The van der Waals surface area contributed by atoms with Gasteiger partial charge in [0.15, 0.2) is 0 Å². The van der Waals surface area contributed by atoms with Gasteiger partial charge >= 0.3 is 0 Å². The van der Waals surface area contributed by atoms with E-state index in [0.29, 0.717) is 41.2 Å². The number of hydrogen-bond acceptors (Lipinski definition) is 4. The zero-order valence-electron chi connectivity index (χ0n) is 18.9. The summed E-state index contributed by atoms with van der Waals surface area (Å²) in [5.74, 6) is -0.00270. The Bertz CT molecular complexity index is 1320. The summed E-state index contributed by atoms with van der Waals surface area (Å²) in [5, 5.41) is 10.0. The first-order chi connectivity index (χ1) is 16.5. The van der Waals surface area contributed by atoms with Gasteiger partial charge in [0.2, 0.25) is 0 Å². The van der Waals surface area contributed by atoms with Crippen molar-refractivity contribution < 1.29 is 23.8 Å². The van der Waals surface area contributed by atoms with E-state index in [9.17, 15) is 9.18 Å². The molecule has 3 aromatic carbocycles. The summed E-state index contributed by atoms with van der Waals surface area (Å²) in [6, 6.07) is 16.2. The van der Waals surface area contributed by atoms with Crippen LogP contribution in [-0.2, 0) is 12.8 Å². The summed E-state index contributed by atoms with van der Waals surface area (Å²) in [5.41, 5.74) is 10.4. The van der Waals surface area contributed by atoms with E-state index in [1.54, 1.807) is 12.1 Å². The number of benzene rings is 3. The summed E-state index contributed by atoms with van der Waals surface area (Å²) in [7, 11) is 1.48. The number of aliphatic hydroxyl groups excluding tert-OH is 1. The Morgan fingerprint density at radius 3 is 2.74 bits per heavy atom. The highest BCUT2D eigenvalue weighted by Gasteiger charge is 2.21. The molecule has 5 rings (SSSR count). The molecule has 34 heavy (non-hydrogen) atoms. The number of primary amides is 1. The zero-order valence-corrected chi connectivity index (χ0v) is 18.9. The summed E-state index contributed by atoms with van der Waals surface area (Å²) in [6.45, 7) is 0.783. The van der Waals surface area contributed by atoms with E-state index in [-0.39, 0.29) is 6.61 Å². The number of nitrogens with one attached hydrogen (secondary N) is 1. The minimum absolute atomic E-state index is 0.263. The van der Waals surface area contributed by atoms with E-state index in [2.05, 4.69) is 17.1 Å². The van der Waals surface area contributed by atoms with Crippen molar-refractivity contribution in [1.29, 1.82) is 0 Å². The first-order valence-corrected chi connectivity index (χ1v) is 11.1. The lowest BCUT2D eigenvalue weighted by Crippen LogP contribution is -2.12. The van der Waals surface area contributed by atoms with Crippen LogP contribution in [0.1, 0.15) is 27.9 Å². The summed E-state index contributed by atoms with van der Waals surface area (Å²) in [6.07, 6.45) is 4.51. The Balaban J connectivity index is 0.000000180. The molecule has 0 unspecified atom stereocenters. The molecule has 0 spiro atoms. The number of para-hydroxylation sites is 1. The lowest BCUT2D eigenvalue weighted by molar-refractivity contribution is 0.0997. The molecule has 0 fully saturated rings. The Labute approximate surface area is 197 Å². The molecule has 7 heteroatoms. The van der Waals surface area contributed by atoms with Crippen molar-refractivity contribution >= 4 is 16.8 Å². The van der Waals surface area contributed by atoms with E-state index in [4.69, 9.17) is 20.3 Å². The summed E-state index contributed by atoms with van der Waals surface area (Å²) >= 11 is 0. The molecule has 0 atom stereocenters. The number of rotatable bonds is 6. The molecule has 1 amide bonds. The van der Waals surface area contributed by atoms with Gasteiger partial charge in [-0.1, -0.05) is 18.2 Å². The van der Waals surface area contributed by atoms with Gasteiger partial charge in [-0.25, -0.2) is 4.39 Å². The van der Waals surface area contributed by atoms with Crippen LogP contribution in [0.2, 0.25) is 0 Å². The second-order valence-electron chi connectivity index (χ2n) is 8.04. The molecule has 0 saturated heterocycles. The number of aliphatic hydroxyl groups is 1. The molecule has 0 saturated carbocycles. The molecular weight excluding hydrogens is 435 g/mol. The third-order valence-electron chi connectivity index (χ3n) is 5.77. The largest absolute Gasteiger partial charge is 0.497 e. The van der Waals surface area contributed by atoms with Crippen molar-refractivity contribution in [3.8, 4) is 22.6 Å². The second kappa shape index (κ2) is 10.4. The number of fused-ring (bicyclic) bond motifs is 2. The van der Waals surface area contributed by atoms with Crippen LogP contribution in [0.25, 0.3) is 22.0 Å². The van der Waals surface area contributed by atoms with Gasteiger partial charge in [0.05, 0.1) is 19.3 Å². The Kier molecular flexibility index (Phi) is 7.13. The molecule has 1 aromatic heterocycles. The van der Waals surface area contributed by atoms with Gasteiger partial charge < -0.3 is 25.3 Å². The highest BCUT2D eigenvalue weighted by atomic mass is 19.1. The highest BCUT2D eigenvalue weighted by molar-refractivity contribution is 5.98. The Morgan fingerprint density at radius 1 is 1.18 bits per heavy atom. The van der Waals surface area contributed by atoms with Crippen molar-refractivity contribution in [3.63, 3.8) is 0 Å². The number of aromatic nitrogens is 1. The number of H-pyrrole nitrogens is 1. The van der Waals surface area contributed by atoms with Gasteiger partial charge in [0, 0.05) is 36.2 Å². The molecule has 0 aliphatic carbocycles. The number of ether oxygens (including phenoxy) is 2. The number of hydrogen-bond donors (Lipinski definition) is 3. The van der Waals surface area contributed by atoms with Gasteiger partial charge in [-0.2, -0.15) is 0 Å². The second-order valence-corrected chi connectivity index (χ2v) is 8.04. The third kappa shape index (κ3) is 5.05. The summed E-state index contributed by atoms with van der Waals surface area (Å²) in [4.78, 5) is 14.8. The fourth-order valence-corrected chi connectivity index (χ4v) is 4.11. The van der Waals surface area contributed by atoms with Gasteiger partial charge in [0.25, 0.3) is 5.91 Å². The minimum atomic E-state index is -0.557. The molecule has 4 N–H and O–H groups in total. The maximum Gasteiger partial charge on any atom is 0.252 e. The lowest BCUT2D eigenvalue weighted by atomic mass is 9.97. The van der Waals surface area contributed by atoms with Gasteiger partial charge in [-0.3, -0.25) is 4.79 Å². The maximum atomic E-state index is 13.6. The van der Waals surface area contributed by atoms with E-state index in [1.165, 1.54) is 35.7 Å². The van der Waals surface area contributed by atoms with E-state index < -0.39 is 11.7 Å². The number of nitrogens with two attached hydrogens (primary N) is 1. The molecule has 1 aliphatic rings. The average Bonchev–Trinajstić information content (AvgIpc) is 3.49. The van der Waals surface area contributed by atoms with Crippen LogP contribution in [-0.4, -0.2) is 36.3 Å². The van der Waals surface area contributed by atoms with Crippen LogP contribution in [0.5, 0.6) is 11.5 Å². The van der Waals surface area contributed by atoms with Crippen molar-refractivity contribution in [1.82, 2.24) is 4.98 Å². The number of aromatic amines is 1. The molecule has 0 bridgehead atoms. The van der Waals surface area contributed by atoms with E-state index in [1.807, 2.05) is 24.4 Å². The van der Waals surface area contributed by atoms with E-state index in [0.717, 1.165) is 18.4 Å². The number of carbonyl (C=O) groups is 1. The van der Waals surface area contributed by atoms with Gasteiger partial charge in [0.1, 0.15) is 17.3 Å². The molecule has 176 valence electrons. The van der Waals surface area contributed by atoms with Crippen molar-refractivity contribution in [2.24, 2.45) is 5.73 Å². The molecule has 2 heterocycles. The summed E-state index contributed by atoms with van der Waals surface area (Å²) < 4.78 is 24.2. The van der Waals surface area contributed by atoms with Crippen LogP contribution in [0, 0.1) is 5.82 Å². The predicted molar refractivity (Wildman–Crippen MR) is 130 cm³/mol. The lowest BCUT2D eigenvalue weighted by Gasteiger charge is -2.10. The SMILES string of the molecule is COc1cc(F)cc(-c2cc3c(c(C(N)=O)c2)OCC3)c1.OCCCc1c[nH]c2ccccc12. The number of carbonyl (C=O) groups excluding carboxylic acids is 1. The predicted octanol–water partition coefficient (Wildman–Crippen LogP) is 4.63. The van der Waals surface area contributed by atoms with Crippen LogP contribution in [0.3, 0.4) is 0 Å². The fourth-order valence-electron chi connectivity index (χ4n) is 4.11. The molecule has 0 radical (unpaired) electrons.